The zero-order valence-electron chi connectivity index (χ0n) is 15.4. The number of aromatic nitrogens is 3. The zero-order valence-corrected chi connectivity index (χ0v) is 16.2. The predicted octanol–water partition coefficient (Wildman–Crippen LogP) is 1.44. The topological polar surface area (TPSA) is 70.8 Å². The van der Waals surface area contributed by atoms with Crippen LogP contribution in [0, 0.1) is 0 Å². The quantitative estimate of drug-likeness (QED) is 0.798. The van der Waals surface area contributed by atoms with Crippen molar-refractivity contribution < 1.29 is 8.42 Å². The second-order valence-electron chi connectivity index (χ2n) is 7.14. The molecule has 3 heterocycles. The van der Waals surface area contributed by atoms with Gasteiger partial charge in [0, 0.05) is 62.5 Å². The fourth-order valence-corrected chi connectivity index (χ4v) is 4.33. The first-order chi connectivity index (χ1) is 11.8. The molecule has 0 aliphatic carbocycles. The molecule has 0 bridgehead atoms. The molecule has 138 valence electrons. The molecule has 1 aliphatic heterocycles. The molecular weight excluding hydrogens is 338 g/mol. The minimum Gasteiger partial charge on any atom is -0.296 e. The van der Waals surface area contributed by atoms with Crippen molar-refractivity contribution in [3.63, 3.8) is 0 Å². The van der Waals surface area contributed by atoms with Gasteiger partial charge < -0.3 is 0 Å². The summed E-state index contributed by atoms with van der Waals surface area (Å²) >= 11 is 0. The Kier molecular flexibility index (Phi) is 5.13. The molecule has 8 heteroatoms. The third-order valence-electron chi connectivity index (χ3n) is 4.93. The Labute approximate surface area is 149 Å². The Hall–Kier alpha value is -1.51. The Morgan fingerprint density at radius 2 is 2.04 bits per heavy atom. The van der Waals surface area contributed by atoms with Crippen LogP contribution in [0.4, 0.5) is 0 Å². The van der Waals surface area contributed by atoms with E-state index in [0.717, 1.165) is 38.2 Å². The van der Waals surface area contributed by atoms with E-state index >= 15 is 0 Å². The second-order valence-corrected chi connectivity index (χ2v) is 9.12. The van der Waals surface area contributed by atoms with E-state index in [2.05, 4.69) is 40.7 Å². The van der Waals surface area contributed by atoms with Crippen molar-refractivity contribution in [3.8, 4) is 0 Å². The van der Waals surface area contributed by atoms with Gasteiger partial charge in [0.15, 0.2) is 15.5 Å². The van der Waals surface area contributed by atoms with Crippen molar-refractivity contribution in [3.05, 3.63) is 24.2 Å². The van der Waals surface area contributed by atoms with E-state index in [0.29, 0.717) is 17.7 Å². The molecule has 0 amide bonds. The molecule has 2 aromatic heterocycles. The molecule has 2 aromatic rings. The Balaban J connectivity index is 1.75. The minimum atomic E-state index is -3.31. The summed E-state index contributed by atoms with van der Waals surface area (Å²) in [6.45, 7) is 10.7. The smallest absolute Gasteiger partial charge is 0.180 e. The summed E-state index contributed by atoms with van der Waals surface area (Å²) in [6, 6.07) is 1.15. The first-order valence-corrected chi connectivity index (χ1v) is 10.7. The van der Waals surface area contributed by atoms with Gasteiger partial charge in [-0.2, -0.15) is 5.10 Å². The van der Waals surface area contributed by atoms with Gasteiger partial charge in [0.1, 0.15) is 4.90 Å². The summed E-state index contributed by atoms with van der Waals surface area (Å²) in [5.74, 6) is 0. The summed E-state index contributed by atoms with van der Waals surface area (Å²) in [5, 5.41) is 4.15. The lowest BCUT2D eigenvalue weighted by molar-refractivity contribution is 0.0455. The summed E-state index contributed by atoms with van der Waals surface area (Å²) in [6.07, 6.45) is 7.34. The van der Waals surface area contributed by atoms with Crippen LogP contribution < -0.4 is 0 Å². The Bertz CT molecular complexity index is 846. The molecule has 0 N–H and O–H groups in total. The van der Waals surface area contributed by atoms with Gasteiger partial charge >= 0.3 is 0 Å². The Morgan fingerprint density at radius 1 is 1.28 bits per heavy atom. The molecule has 1 saturated heterocycles. The van der Waals surface area contributed by atoms with Crippen molar-refractivity contribution in [2.24, 2.45) is 0 Å². The van der Waals surface area contributed by atoms with Crippen LogP contribution in [-0.2, 0) is 16.4 Å². The van der Waals surface area contributed by atoms with Crippen LogP contribution in [0.5, 0.6) is 0 Å². The van der Waals surface area contributed by atoms with Gasteiger partial charge in [-0.25, -0.2) is 17.9 Å². The summed E-state index contributed by atoms with van der Waals surface area (Å²) in [5.41, 5.74) is 1.44. The van der Waals surface area contributed by atoms with Crippen LogP contribution in [0.15, 0.2) is 23.5 Å². The summed E-state index contributed by atoms with van der Waals surface area (Å²) in [7, 11) is -3.31. The van der Waals surface area contributed by atoms with Gasteiger partial charge in [-0.3, -0.25) is 9.80 Å². The predicted molar refractivity (Wildman–Crippen MR) is 97.3 cm³/mol. The Morgan fingerprint density at radius 3 is 2.68 bits per heavy atom. The highest BCUT2D eigenvalue weighted by Crippen LogP contribution is 2.19. The molecule has 1 atom stereocenters. The lowest BCUT2D eigenvalue weighted by atomic mass is 10.1. The average molecular weight is 366 g/mol. The van der Waals surface area contributed by atoms with E-state index in [1.807, 2.05) is 6.20 Å². The van der Waals surface area contributed by atoms with Gasteiger partial charge in [0.2, 0.25) is 0 Å². The van der Waals surface area contributed by atoms with Crippen LogP contribution in [0.25, 0.3) is 5.65 Å². The molecule has 1 fully saturated rings. The van der Waals surface area contributed by atoms with E-state index < -0.39 is 9.84 Å². The third-order valence-corrected chi connectivity index (χ3v) is 6.02. The first kappa shape index (κ1) is 18.3. The molecule has 25 heavy (non-hydrogen) atoms. The van der Waals surface area contributed by atoms with Gasteiger partial charge in [-0.05, 0) is 20.3 Å². The zero-order chi connectivity index (χ0) is 18.2. The largest absolute Gasteiger partial charge is 0.296 e. The number of hydrogen-bond acceptors (Lipinski definition) is 6. The van der Waals surface area contributed by atoms with E-state index in [9.17, 15) is 8.42 Å². The fourth-order valence-electron chi connectivity index (χ4n) is 3.61. The van der Waals surface area contributed by atoms with E-state index in [-0.39, 0.29) is 4.90 Å². The number of sulfone groups is 1. The van der Waals surface area contributed by atoms with E-state index in [1.54, 1.807) is 10.7 Å². The van der Waals surface area contributed by atoms with Crippen molar-refractivity contribution in [2.75, 3.05) is 25.9 Å². The molecule has 7 nitrogen and oxygen atoms in total. The first-order valence-electron chi connectivity index (χ1n) is 8.80. The molecule has 0 unspecified atom stereocenters. The SMILES string of the molecule is CC[C@H]1CN(Cc2cnc3c(S(C)(=O)=O)cnn3c2)CCN1C(C)C. The third kappa shape index (κ3) is 3.86. The second kappa shape index (κ2) is 7.01. The molecule has 1 aliphatic rings. The molecular formula is C17H27N5O2S. The maximum atomic E-state index is 11.8. The summed E-state index contributed by atoms with van der Waals surface area (Å²) in [4.78, 5) is 9.53. The monoisotopic (exact) mass is 365 g/mol. The van der Waals surface area contributed by atoms with Gasteiger partial charge in [-0.15, -0.1) is 0 Å². The number of nitrogens with zero attached hydrogens (tertiary/aromatic N) is 5. The van der Waals surface area contributed by atoms with Crippen LogP contribution in [0.1, 0.15) is 32.8 Å². The highest BCUT2D eigenvalue weighted by atomic mass is 32.2. The van der Waals surface area contributed by atoms with Crippen LogP contribution >= 0.6 is 0 Å². The molecule has 0 spiro atoms. The van der Waals surface area contributed by atoms with E-state index in [4.69, 9.17) is 0 Å². The molecule has 0 saturated carbocycles. The van der Waals surface area contributed by atoms with Gasteiger partial charge in [0.25, 0.3) is 0 Å². The fraction of sp³-hybridized carbons (Fsp3) is 0.647. The molecule has 0 radical (unpaired) electrons. The van der Waals surface area contributed by atoms with E-state index in [1.165, 1.54) is 12.5 Å². The number of rotatable bonds is 5. The highest BCUT2D eigenvalue weighted by Gasteiger charge is 2.27. The van der Waals surface area contributed by atoms with Gasteiger partial charge in [0.05, 0.1) is 6.20 Å². The normalized spacial score (nSPS) is 20.6. The molecule has 3 rings (SSSR count). The van der Waals surface area contributed by atoms with Gasteiger partial charge in [-0.1, -0.05) is 6.92 Å². The van der Waals surface area contributed by atoms with Crippen molar-refractivity contribution >= 4 is 15.5 Å². The standard InChI is InChI=1S/C17H27N5O2S/c1-5-15-12-20(6-7-21(15)13(2)3)10-14-8-18-17-16(25(4,23)24)9-19-22(17)11-14/h8-9,11,13,15H,5-7,10,12H2,1-4H3/t15-/m0/s1. The highest BCUT2D eigenvalue weighted by molar-refractivity contribution is 7.90. The van der Waals surface area contributed by atoms with Crippen molar-refractivity contribution in [2.45, 2.75) is 50.7 Å². The number of piperazine rings is 1. The minimum absolute atomic E-state index is 0.177. The number of hydrogen-bond donors (Lipinski definition) is 0. The summed E-state index contributed by atoms with van der Waals surface area (Å²) < 4.78 is 25.1. The maximum Gasteiger partial charge on any atom is 0.180 e. The van der Waals surface area contributed by atoms with Crippen LogP contribution in [0.3, 0.4) is 0 Å². The lowest BCUT2D eigenvalue weighted by Gasteiger charge is -2.43. The van der Waals surface area contributed by atoms with Crippen molar-refractivity contribution in [1.29, 1.82) is 0 Å². The van der Waals surface area contributed by atoms with Crippen molar-refractivity contribution in [1.82, 2.24) is 24.4 Å². The van der Waals surface area contributed by atoms with Crippen LogP contribution in [0.2, 0.25) is 0 Å². The van der Waals surface area contributed by atoms with Crippen LogP contribution in [-0.4, -0.2) is 70.8 Å². The maximum absolute atomic E-state index is 11.8. The lowest BCUT2D eigenvalue weighted by Crippen LogP contribution is -2.54. The average Bonchev–Trinajstić information content (AvgIpc) is 2.97. The molecule has 0 aromatic carbocycles. The number of fused-ring (bicyclic) bond motifs is 1.